The van der Waals surface area contributed by atoms with Crippen molar-refractivity contribution in [2.24, 2.45) is 17.1 Å². The number of carbonyl (C=O) groups is 1. The minimum absolute atomic E-state index is 0.0509. The molecule has 1 aliphatic rings. The third kappa shape index (κ3) is 4.16. The van der Waals surface area contributed by atoms with Crippen molar-refractivity contribution in [1.29, 1.82) is 0 Å². The van der Waals surface area contributed by atoms with Gasteiger partial charge in [0.1, 0.15) is 6.10 Å². The van der Waals surface area contributed by atoms with Gasteiger partial charge in [0, 0.05) is 6.04 Å². The molecule has 2 N–H and O–H groups in total. The third-order valence-corrected chi connectivity index (χ3v) is 4.00. The van der Waals surface area contributed by atoms with Crippen molar-refractivity contribution in [3.05, 3.63) is 0 Å². The monoisotopic (exact) mass is 256 g/mol. The fraction of sp³-hybridized carbons (Fsp3) is 0.929. The fourth-order valence-corrected chi connectivity index (χ4v) is 3.03. The van der Waals surface area contributed by atoms with Crippen LogP contribution in [0.4, 0.5) is 4.79 Å². The Labute approximate surface area is 111 Å². The molecule has 1 amide bonds. The Hall–Kier alpha value is -0.770. The van der Waals surface area contributed by atoms with E-state index in [1.165, 1.54) is 12.8 Å². The van der Waals surface area contributed by atoms with Gasteiger partial charge in [0.2, 0.25) is 0 Å². The number of carbonyl (C=O) groups excluding carboxylic acids is 1. The lowest BCUT2D eigenvalue weighted by atomic mass is 9.73. The maximum absolute atomic E-state index is 11.1. The predicted octanol–water partition coefficient (Wildman–Crippen LogP) is 2.62. The summed E-state index contributed by atoms with van der Waals surface area (Å²) in [5.41, 5.74) is 5.15. The molecular weight excluding hydrogens is 228 g/mol. The average molecular weight is 256 g/mol. The largest absolute Gasteiger partial charge is 0.446 e. The number of ether oxygens (including phenoxy) is 1. The first kappa shape index (κ1) is 15.3. The first-order chi connectivity index (χ1) is 8.21. The van der Waals surface area contributed by atoms with Gasteiger partial charge >= 0.3 is 6.09 Å². The number of hydrogen-bond acceptors (Lipinski definition) is 3. The van der Waals surface area contributed by atoms with Gasteiger partial charge in [-0.1, -0.05) is 20.8 Å². The highest BCUT2D eigenvalue weighted by Crippen LogP contribution is 2.37. The normalized spacial score (nSPS) is 27.0. The van der Waals surface area contributed by atoms with E-state index in [-0.39, 0.29) is 11.5 Å². The Balaban J connectivity index is 2.63. The van der Waals surface area contributed by atoms with Gasteiger partial charge in [-0.2, -0.15) is 0 Å². The van der Waals surface area contributed by atoms with E-state index < -0.39 is 6.09 Å². The van der Waals surface area contributed by atoms with Crippen LogP contribution >= 0.6 is 0 Å². The van der Waals surface area contributed by atoms with E-state index >= 15 is 0 Å². The van der Waals surface area contributed by atoms with Crippen molar-refractivity contribution < 1.29 is 9.53 Å². The zero-order valence-corrected chi connectivity index (χ0v) is 12.4. The predicted molar refractivity (Wildman–Crippen MR) is 73.3 cm³/mol. The average Bonchev–Trinajstić information content (AvgIpc) is 2.24. The zero-order valence-electron chi connectivity index (χ0n) is 12.4. The number of hydrogen-bond donors (Lipinski definition) is 1. The van der Waals surface area contributed by atoms with Crippen LogP contribution in [0, 0.1) is 11.3 Å². The van der Waals surface area contributed by atoms with E-state index in [1.807, 2.05) is 0 Å². The minimum Gasteiger partial charge on any atom is -0.446 e. The molecule has 4 nitrogen and oxygen atoms in total. The molecule has 0 aromatic carbocycles. The highest BCUT2D eigenvalue weighted by molar-refractivity contribution is 5.64. The Bertz CT molecular complexity index is 276. The highest BCUT2D eigenvalue weighted by Gasteiger charge is 2.37. The Kier molecular flexibility index (Phi) is 5.02. The van der Waals surface area contributed by atoms with Crippen LogP contribution in [0.5, 0.6) is 0 Å². The summed E-state index contributed by atoms with van der Waals surface area (Å²) in [5.74, 6) is 0.439. The van der Waals surface area contributed by atoms with Crippen LogP contribution in [0.1, 0.15) is 46.5 Å². The van der Waals surface area contributed by atoms with Crippen LogP contribution in [-0.4, -0.2) is 37.2 Å². The second kappa shape index (κ2) is 5.91. The number of nitrogens with zero attached hydrogens (tertiary/aromatic N) is 1. The van der Waals surface area contributed by atoms with Crippen molar-refractivity contribution in [3.8, 4) is 0 Å². The summed E-state index contributed by atoms with van der Waals surface area (Å²) >= 11 is 0. The van der Waals surface area contributed by atoms with Gasteiger partial charge in [0.05, 0.1) is 0 Å². The Morgan fingerprint density at radius 1 is 1.22 bits per heavy atom. The maximum Gasteiger partial charge on any atom is 0.404 e. The molecule has 0 bridgehead atoms. The van der Waals surface area contributed by atoms with Crippen LogP contribution in [-0.2, 0) is 4.74 Å². The topological polar surface area (TPSA) is 55.6 Å². The lowest BCUT2D eigenvalue weighted by Gasteiger charge is -2.40. The summed E-state index contributed by atoms with van der Waals surface area (Å²) < 4.78 is 5.38. The molecule has 106 valence electrons. The Morgan fingerprint density at radius 3 is 2.06 bits per heavy atom. The molecule has 4 heteroatoms. The molecule has 0 radical (unpaired) electrons. The SMILES string of the molecule is CN(C)[C@H]1CC[C@H](C(OC(N)=O)C(C)(C)C)CC1. The van der Waals surface area contributed by atoms with Crippen LogP contribution < -0.4 is 5.73 Å². The molecule has 0 heterocycles. The van der Waals surface area contributed by atoms with E-state index in [0.29, 0.717) is 12.0 Å². The Morgan fingerprint density at radius 2 is 1.72 bits per heavy atom. The summed E-state index contributed by atoms with van der Waals surface area (Å²) in [6.07, 6.45) is 3.84. The van der Waals surface area contributed by atoms with E-state index in [0.717, 1.165) is 12.8 Å². The minimum atomic E-state index is -0.648. The summed E-state index contributed by atoms with van der Waals surface area (Å²) in [5, 5.41) is 0. The van der Waals surface area contributed by atoms with E-state index in [2.05, 4.69) is 39.8 Å². The molecule has 1 aliphatic carbocycles. The van der Waals surface area contributed by atoms with Gasteiger partial charge in [0.15, 0.2) is 0 Å². The first-order valence-corrected chi connectivity index (χ1v) is 6.84. The van der Waals surface area contributed by atoms with E-state index in [9.17, 15) is 4.79 Å². The number of primary amides is 1. The van der Waals surface area contributed by atoms with Crippen LogP contribution in [0.15, 0.2) is 0 Å². The first-order valence-electron chi connectivity index (χ1n) is 6.84. The number of rotatable bonds is 3. The van der Waals surface area contributed by atoms with Gasteiger partial charge in [-0.3, -0.25) is 0 Å². The second-order valence-electron chi connectivity index (χ2n) is 6.76. The van der Waals surface area contributed by atoms with Crippen molar-refractivity contribution in [1.82, 2.24) is 4.90 Å². The lowest BCUT2D eigenvalue weighted by Crippen LogP contribution is -2.43. The molecule has 1 atom stereocenters. The summed E-state index contributed by atoms with van der Waals surface area (Å²) in [6.45, 7) is 6.33. The molecular formula is C14H28N2O2. The van der Waals surface area contributed by atoms with Gasteiger partial charge in [-0.15, -0.1) is 0 Å². The fourth-order valence-electron chi connectivity index (χ4n) is 3.03. The standard InChI is InChI=1S/C14H28N2O2/c1-14(2,3)12(18-13(15)17)10-6-8-11(9-7-10)16(4)5/h10-12H,6-9H2,1-5H3,(H2,15,17)/t10-,11-,12?. The van der Waals surface area contributed by atoms with Gasteiger partial charge in [-0.25, -0.2) is 4.79 Å². The molecule has 0 aliphatic heterocycles. The summed E-state index contributed by atoms with van der Waals surface area (Å²) in [6, 6.07) is 0.662. The highest BCUT2D eigenvalue weighted by atomic mass is 16.6. The quantitative estimate of drug-likeness (QED) is 0.844. The number of nitrogens with two attached hydrogens (primary N) is 1. The van der Waals surface area contributed by atoms with Crippen molar-refractivity contribution in [2.45, 2.75) is 58.6 Å². The van der Waals surface area contributed by atoms with Crippen LogP contribution in [0.3, 0.4) is 0 Å². The smallest absolute Gasteiger partial charge is 0.404 e. The molecule has 0 saturated heterocycles. The second-order valence-corrected chi connectivity index (χ2v) is 6.76. The van der Waals surface area contributed by atoms with E-state index in [1.54, 1.807) is 0 Å². The molecule has 1 saturated carbocycles. The number of amides is 1. The molecule has 0 spiro atoms. The van der Waals surface area contributed by atoms with Crippen LogP contribution in [0.2, 0.25) is 0 Å². The molecule has 0 aromatic heterocycles. The summed E-state index contributed by atoms with van der Waals surface area (Å²) in [7, 11) is 4.26. The van der Waals surface area contributed by atoms with Gasteiger partial charge < -0.3 is 15.4 Å². The zero-order chi connectivity index (χ0) is 13.9. The van der Waals surface area contributed by atoms with Crippen LogP contribution in [0.25, 0.3) is 0 Å². The molecule has 0 aromatic rings. The summed E-state index contributed by atoms with van der Waals surface area (Å²) in [4.78, 5) is 13.4. The maximum atomic E-state index is 11.1. The lowest BCUT2D eigenvalue weighted by molar-refractivity contribution is -0.0210. The van der Waals surface area contributed by atoms with Crippen molar-refractivity contribution >= 4 is 6.09 Å². The molecule has 18 heavy (non-hydrogen) atoms. The molecule has 1 rings (SSSR count). The molecule has 1 unspecified atom stereocenters. The van der Waals surface area contributed by atoms with Crippen molar-refractivity contribution in [2.75, 3.05) is 14.1 Å². The van der Waals surface area contributed by atoms with Gasteiger partial charge in [-0.05, 0) is 51.1 Å². The van der Waals surface area contributed by atoms with E-state index in [4.69, 9.17) is 10.5 Å². The molecule has 1 fully saturated rings. The third-order valence-electron chi connectivity index (χ3n) is 4.00. The van der Waals surface area contributed by atoms with Gasteiger partial charge in [0.25, 0.3) is 0 Å². The van der Waals surface area contributed by atoms with Crippen molar-refractivity contribution in [3.63, 3.8) is 0 Å².